The van der Waals surface area contributed by atoms with Gasteiger partial charge in [-0.25, -0.2) is 0 Å². The van der Waals surface area contributed by atoms with E-state index in [1.807, 2.05) is 0 Å². The lowest BCUT2D eigenvalue weighted by Gasteiger charge is -2.21. The Kier molecular flexibility index (Phi) is 5.43. The van der Waals surface area contributed by atoms with E-state index in [9.17, 15) is 8.42 Å². The van der Waals surface area contributed by atoms with E-state index in [1.54, 1.807) is 18.2 Å². The van der Waals surface area contributed by atoms with Crippen molar-refractivity contribution >= 4 is 44.7 Å². The van der Waals surface area contributed by atoms with Gasteiger partial charge in [0.1, 0.15) is 4.99 Å². The molecule has 1 aromatic carbocycles. The summed E-state index contributed by atoms with van der Waals surface area (Å²) in [7, 11) is -3.58. The van der Waals surface area contributed by atoms with Crippen LogP contribution in [-0.2, 0) is 10.2 Å². The third kappa shape index (κ3) is 4.29. The second kappa shape index (κ2) is 6.91. The molecule has 0 saturated carbocycles. The molecular formula is C13H18ClN3O2S2. The van der Waals surface area contributed by atoms with Crippen molar-refractivity contribution in [2.45, 2.75) is 25.7 Å². The van der Waals surface area contributed by atoms with Gasteiger partial charge in [0.05, 0.1) is 10.7 Å². The summed E-state index contributed by atoms with van der Waals surface area (Å²) in [6, 6.07) is 4.78. The minimum atomic E-state index is -3.58. The number of nitrogens with one attached hydrogen (secondary N) is 1. The average Bonchev–Trinajstić information content (AvgIpc) is 2.70. The highest BCUT2D eigenvalue weighted by atomic mass is 35.5. The van der Waals surface area contributed by atoms with Crippen molar-refractivity contribution in [1.29, 1.82) is 0 Å². The lowest BCUT2D eigenvalue weighted by Crippen LogP contribution is -2.36. The van der Waals surface area contributed by atoms with Gasteiger partial charge in [0.2, 0.25) is 0 Å². The minimum Gasteiger partial charge on any atom is -0.389 e. The van der Waals surface area contributed by atoms with Crippen molar-refractivity contribution < 1.29 is 8.42 Å². The topological polar surface area (TPSA) is 75.4 Å². The summed E-state index contributed by atoms with van der Waals surface area (Å²) in [4.78, 5) is 0.221. The number of hydrogen-bond donors (Lipinski definition) is 2. The Morgan fingerprint density at radius 1 is 1.24 bits per heavy atom. The molecule has 8 heteroatoms. The van der Waals surface area contributed by atoms with Gasteiger partial charge < -0.3 is 5.73 Å². The van der Waals surface area contributed by atoms with Gasteiger partial charge in [0.15, 0.2) is 0 Å². The molecule has 5 nitrogen and oxygen atoms in total. The van der Waals surface area contributed by atoms with Crippen molar-refractivity contribution in [2.24, 2.45) is 5.73 Å². The number of nitrogens with zero attached hydrogens (tertiary/aromatic N) is 1. The van der Waals surface area contributed by atoms with E-state index in [1.165, 1.54) is 4.31 Å². The average molecular weight is 348 g/mol. The quantitative estimate of drug-likeness (QED) is 0.820. The summed E-state index contributed by atoms with van der Waals surface area (Å²) in [5.74, 6) is 0. The Labute approximate surface area is 135 Å². The van der Waals surface area contributed by atoms with Crippen LogP contribution in [0.5, 0.6) is 0 Å². The summed E-state index contributed by atoms with van der Waals surface area (Å²) >= 11 is 11.0. The van der Waals surface area contributed by atoms with Crippen molar-refractivity contribution in [1.82, 2.24) is 4.31 Å². The Balaban J connectivity index is 2.18. The highest BCUT2D eigenvalue weighted by molar-refractivity contribution is 7.90. The van der Waals surface area contributed by atoms with Crippen LogP contribution < -0.4 is 10.5 Å². The number of rotatable bonds is 4. The van der Waals surface area contributed by atoms with Gasteiger partial charge >= 0.3 is 10.2 Å². The number of anilines is 1. The molecule has 21 heavy (non-hydrogen) atoms. The molecule has 1 heterocycles. The van der Waals surface area contributed by atoms with Crippen LogP contribution in [0.15, 0.2) is 18.2 Å². The van der Waals surface area contributed by atoms with Crippen LogP contribution >= 0.6 is 23.8 Å². The molecule has 0 aliphatic carbocycles. The van der Waals surface area contributed by atoms with Crippen molar-refractivity contribution in [2.75, 3.05) is 17.8 Å². The van der Waals surface area contributed by atoms with Crippen LogP contribution in [-0.4, -0.2) is 30.8 Å². The smallest absolute Gasteiger partial charge is 0.301 e. The largest absolute Gasteiger partial charge is 0.389 e. The third-order valence-corrected chi connectivity index (χ3v) is 5.47. The van der Waals surface area contributed by atoms with E-state index in [0.29, 0.717) is 24.3 Å². The fourth-order valence-corrected chi connectivity index (χ4v) is 3.97. The van der Waals surface area contributed by atoms with Crippen molar-refractivity contribution in [3.8, 4) is 0 Å². The van der Waals surface area contributed by atoms with E-state index in [0.717, 1.165) is 25.7 Å². The molecule has 0 unspecified atom stereocenters. The van der Waals surface area contributed by atoms with E-state index in [2.05, 4.69) is 4.72 Å². The Morgan fingerprint density at radius 3 is 2.38 bits per heavy atom. The zero-order valence-electron chi connectivity index (χ0n) is 11.5. The van der Waals surface area contributed by atoms with Gasteiger partial charge in [-0.15, -0.1) is 0 Å². The molecule has 0 atom stereocenters. The first-order valence-electron chi connectivity index (χ1n) is 6.77. The molecule has 116 valence electrons. The summed E-state index contributed by atoms with van der Waals surface area (Å²) in [5, 5.41) is 0.277. The van der Waals surface area contributed by atoms with Gasteiger partial charge in [-0.2, -0.15) is 12.7 Å². The number of nitrogens with two attached hydrogens (primary N) is 1. The maximum atomic E-state index is 12.4. The van der Waals surface area contributed by atoms with Crippen LogP contribution in [0.4, 0.5) is 5.69 Å². The lowest BCUT2D eigenvalue weighted by molar-refractivity contribution is 0.427. The molecule has 3 N–H and O–H groups in total. The Morgan fingerprint density at radius 2 is 1.86 bits per heavy atom. The molecule has 0 amide bonds. The molecule has 2 rings (SSSR count). The number of benzene rings is 1. The molecule has 0 aromatic heterocycles. The van der Waals surface area contributed by atoms with Gasteiger partial charge in [-0.3, -0.25) is 4.72 Å². The standard InChI is InChI=1S/C13H18ClN3O2S2/c14-11-9-10(13(15)20)5-6-12(11)16-21(18,19)17-7-3-1-2-4-8-17/h5-6,9,16H,1-4,7-8H2,(H2,15,20). The predicted octanol–water partition coefficient (Wildman–Crippen LogP) is 2.51. The van der Waals surface area contributed by atoms with Crippen LogP contribution in [0, 0.1) is 0 Å². The zero-order valence-corrected chi connectivity index (χ0v) is 13.9. The van der Waals surface area contributed by atoms with Crippen LogP contribution in [0.3, 0.4) is 0 Å². The molecule has 1 aliphatic heterocycles. The predicted molar refractivity (Wildman–Crippen MR) is 89.9 cm³/mol. The second-order valence-electron chi connectivity index (χ2n) is 4.98. The Bertz CT molecular complexity index is 626. The number of hydrogen-bond acceptors (Lipinski definition) is 3. The van der Waals surface area contributed by atoms with Gasteiger partial charge in [-0.05, 0) is 31.0 Å². The molecule has 1 aliphatic rings. The number of thiocarbonyl (C=S) groups is 1. The highest BCUT2D eigenvalue weighted by Gasteiger charge is 2.23. The fourth-order valence-electron chi connectivity index (χ4n) is 2.24. The van der Waals surface area contributed by atoms with Crippen LogP contribution in [0.25, 0.3) is 0 Å². The molecule has 0 radical (unpaired) electrons. The van der Waals surface area contributed by atoms with E-state index in [4.69, 9.17) is 29.6 Å². The van der Waals surface area contributed by atoms with Crippen molar-refractivity contribution in [3.05, 3.63) is 28.8 Å². The maximum Gasteiger partial charge on any atom is 0.301 e. The molecular weight excluding hydrogens is 330 g/mol. The first-order valence-corrected chi connectivity index (χ1v) is 9.00. The highest BCUT2D eigenvalue weighted by Crippen LogP contribution is 2.25. The van der Waals surface area contributed by atoms with Crippen LogP contribution in [0.2, 0.25) is 5.02 Å². The SMILES string of the molecule is NC(=S)c1ccc(NS(=O)(=O)N2CCCCCC2)c(Cl)c1. The molecule has 0 spiro atoms. The monoisotopic (exact) mass is 347 g/mol. The Hall–Kier alpha value is -0.890. The zero-order chi connectivity index (χ0) is 15.5. The summed E-state index contributed by atoms with van der Waals surface area (Å²) in [6.07, 6.45) is 3.90. The number of halogens is 1. The normalized spacial score (nSPS) is 17.2. The summed E-state index contributed by atoms with van der Waals surface area (Å²) < 4.78 is 28.8. The fraction of sp³-hybridized carbons (Fsp3) is 0.462. The van der Waals surface area contributed by atoms with Crippen molar-refractivity contribution in [3.63, 3.8) is 0 Å². The van der Waals surface area contributed by atoms with Gasteiger partial charge in [0.25, 0.3) is 0 Å². The van der Waals surface area contributed by atoms with Gasteiger partial charge in [-0.1, -0.05) is 36.7 Å². The van der Waals surface area contributed by atoms with Gasteiger partial charge in [0, 0.05) is 18.7 Å². The molecule has 1 saturated heterocycles. The molecule has 1 aromatic rings. The maximum absolute atomic E-state index is 12.4. The van der Waals surface area contributed by atoms with Crippen LogP contribution in [0.1, 0.15) is 31.2 Å². The second-order valence-corrected chi connectivity index (χ2v) is 7.50. The first kappa shape index (κ1) is 16.5. The molecule has 0 bridgehead atoms. The minimum absolute atomic E-state index is 0.221. The molecule has 1 fully saturated rings. The summed E-state index contributed by atoms with van der Waals surface area (Å²) in [5.41, 5.74) is 6.46. The van der Waals surface area contributed by atoms with E-state index < -0.39 is 10.2 Å². The van der Waals surface area contributed by atoms with E-state index >= 15 is 0 Å². The third-order valence-electron chi connectivity index (χ3n) is 3.40. The van der Waals surface area contributed by atoms with E-state index in [-0.39, 0.29) is 10.0 Å². The first-order chi connectivity index (χ1) is 9.90. The summed E-state index contributed by atoms with van der Waals surface area (Å²) in [6.45, 7) is 1.08. The lowest BCUT2D eigenvalue weighted by atomic mass is 10.2.